The summed E-state index contributed by atoms with van der Waals surface area (Å²) in [6.45, 7) is 4.39. The Kier molecular flexibility index (Phi) is 3.75. The van der Waals surface area contributed by atoms with Gasteiger partial charge < -0.3 is 9.84 Å². The van der Waals surface area contributed by atoms with Crippen molar-refractivity contribution in [2.24, 2.45) is 0 Å². The predicted octanol–water partition coefficient (Wildman–Crippen LogP) is -0.981. The normalized spacial score (nSPS) is 18.4. The fourth-order valence-corrected chi connectivity index (χ4v) is 2.27. The minimum atomic E-state index is -3.12. The third-order valence-electron chi connectivity index (χ3n) is 2.47. The molecule has 0 amide bonds. The lowest BCUT2D eigenvalue weighted by molar-refractivity contribution is 0.224. The summed E-state index contributed by atoms with van der Waals surface area (Å²) < 4.78 is 27.0. The number of nitrogens with zero attached hydrogens (tertiary/aromatic N) is 3. The van der Waals surface area contributed by atoms with Crippen molar-refractivity contribution in [2.75, 3.05) is 32.4 Å². The second-order valence-electron chi connectivity index (χ2n) is 4.20. The van der Waals surface area contributed by atoms with E-state index in [0.29, 0.717) is 12.4 Å². The number of rotatable bonds is 4. The van der Waals surface area contributed by atoms with E-state index in [1.165, 1.54) is 0 Å². The van der Waals surface area contributed by atoms with Gasteiger partial charge >= 0.3 is 0 Å². The summed E-state index contributed by atoms with van der Waals surface area (Å²) in [5.74, 6) is 0.518. The first kappa shape index (κ1) is 12.5. The summed E-state index contributed by atoms with van der Waals surface area (Å²) in [5, 5.41) is 7.03. The molecular weight excluding hydrogens is 244 g/mol. The predicted molar refractivity (Wildman–Crippen MR) is 61.0 cm³/mol. The number of aromatic nitrogens is 2. The zero-order valence-electron chi connectivity index (χ0n) is 9.72. The van der Waals surface area contributed by atoms with Crippen LogP contribution in [0.2, 0.25) is 0 Å². The Morgan fingerprint density at radius 1 is 1.41 bits per heavy atom. The highest BCUT2D eigenvalue weighted by Gasteiger charge is 2.16. The van der Waals surface area contributed by atoms with E-state index in [-0.39, 0.29) is 11.6 Å². The molecule has 0 radical (unpaired) electrons. The van der Waals surface area contributed by atoms with Crippen molar-refractivity contribution in [3.63, 3.8) is 0 Å². The summed E-state index contributed by atoms with van der Waals surface area (Å²) in [5.41, 5.74) is 0. The maximum atomic E-state index is 11.1. The van der Waals surface area contributed by atoms with E-state index in [9.17, 15) is 8.42 Å². The van der Waals surface area contributed by atoms with E-state index in [1.54, 1.807) is 0 Å². The van der Waals surface area contributed by atoms with Gasteiger partial charge in [0.05, 0.1) is 6.54 Å². The van der Waals surface area contributed by atoms with Gasteiger partial charge in [-0.3, -0.25) is 4.90 Å². The molecule has 0 aliphatic carbocycles. The van der Waals surface area contributed by atoms with Crippen molar-refractivity contribution >= 4 is 9.84 Å². The highest BCUT2D eigenvalue weighted by molar-refractivity contribution is 7.89. The molecule has 8 heteroatoms. The molecule has 1 N–H and O–H groups in total. The van der Waals surface area contributed by atoms with Crippen molar-refractivity contribution in [3.05, 3.63) is 11.7 Å². The fraction of sp³-hybridized carbons (Fsp3) is 0.778. The van der Waals surface area contributed by atoms with Crippen LogP contribution < -0.4 is 5.32 Å². The van der Waals surface area contributed by atoms with Gasteiger partial charge in [0.2, 0.25) is 5.89 Å². The summed E-state index contributed by atoms with van der Waals surface area (Å²) in [6, 6.07) is 0. The molecule has 1 saturated heterocycles. The van der Waals surface area contributed by atoms with Crippen LogP contribution in [-0.2, 0) is 22.1 Å². The van der Waals surface area contributed by atoms with Gasteiger partial charge in [-0.2, -0.15) is 4.98 Å². The van der Waals surface area contributed by atoms with Crippen LogP contribution >= 0.6 is 0 Å². The number of nitrogens with one attached hydrogen (secondary N) is 1. The average molecular weight is 260 g/mol. The van der Waals surface area contributed by atoms with Crippen molar-refractivity contribution in [1.82, 2.24) is 20.4 Å². The topological polar surface area (TPSA) is 88.3 Å². The van der Waals surface area contributed by atoms with Crippen LogP contribution in [0, 0.1) is 0 Å². The van der Waals surface area contributed by atoms with Crippen LogP contribution in [0.3, 0.4) is 0 Å². The molecule has 1 aromatic heterocycles. The third-order valence-corrected chi connectivity index (χ3v) is 3.24. The molecular formula is C9H16N4O3S. The monoisotopic (exact) mass is 260 g/mol. The SMILES string of the molecule is CS(=O)(=O)Cc1nc(CN2CCNCC2)no1. The molecule has 17 heavy (non-hydrogen) atoms. The molecule has 2 heterocycles. The van der Waals surface area contributed by atoms with Gasteiger partial charge in [-0.25, -0.2) is 8.42 Å². The first-order chi connectivity index (χ1) is 8.03. The lowest BCUT2D eigenvalue weighted by Crippen LogP contribution is -2.43. The highest BCUT2D eigenvalue weighted by Crippen LogP contribution is 2.05. The third kappa shape index (κ3) is 4.06. The quantitative estimate of drug-likeness (QED) is 0.744. The smallest absolute Gasteiger partial charge is 0.241 e. The summed E-state index contributed by atoms with van der Waals surface area (Å²) >= 11 is 0. The Hall–Kier alpha value is -0.990. The zero-order chi connectivity index (χ0) is 12.3. The Morgan fingerprint density at radius 3 is 2.76 bits per heavy atom. The van der Waals surface area contributed by atoms with E-state index in [0.717, 1.165) is 32.4 Å². The van der Waals surface area contributed by atoms with Crippen molar-refractivity contribution < 1.29 is 12.9 Å². The molecule has 1 fully saturated rings. The number of sulfone groups is 1. The molecule has 1 aromatic rings. The van der Waals surface area contributed by atoms with E-state index < -0.39 is 9.84 Å². The van der Waals surface area contributed by atoms with Crippen LogP contribution in [-0.4, -0.2) is 55.9 Å². The van der Waals surface area contributed by atoms with Gasteiger partial charge in [0.15, 0.2) is 15.7 Å². The summed E-state index contributed by atoms with van der Waals surface area (Å²) in [4.78, 5) is 6.27. The van der Waals surface area contributed by atoms with Crippen LogP contribution in [0.5, 0.6) is 0 Å². The van der Waals surface area contributed by atoms with Gasteiger partial charge in [-0.1, -0.05) is 5.16 Å². The number of hydrogen-bond donors (Lipinski definition) is 1. The molecule has 0 atom stereocenters. The lowest BCUT2D eigenvalue weighted by atomic mass is 10.3. The molecule has 0 spiro atoms. The van der Waals surface area contributed by atoms with Gasteiger partial charge in [0, 0.05) is 32.4 Å². The summed E-state index contributed by atoms with van der Waals surface area (Å²) in [6.07, 6.45) is 1.15. The number of piperazine rings is 1. The second-order valence-corrected chi connectivity index (χ2v) is 6.34. The molecule has 0 aromatic carbocycles. The summed E-state index contributed by atoms with van der Waals surface area (Å²) in [7, 11) is -3.12. The number of hydrogen-bond acceptors (Lipinski definition) is 7. The average Bonchev–Trinajstić information content (AvgIpc) is 2.64. The van der Waals surface area contributed by atoms with Gasteiger partial charge in [0.1, 0.15) is 5.75 Å². The molecule has 0 bridgehead atoms. The van der Waals surface area contributed by atoms with Crippen molar-refractivity contribution in [3.8, 4) is 0 Å². The molecule has 96 valence electrons. The van der Waals surface area contributed by atoms with E-state index in [4.69, 9.17) is 4.52 Å². The van der Waals surface area contributed by atoms with Crippen molar-refractivity contribution in [1.29, 1.82) is 0 Å². The second kappa shape index (κ2) is 5.11. The van der Waals surface area contributed by atoms with Crippen LogP contribution in [0.4, 0.5) is 0 Å². The van der Waals surface area contributed by atoms with Crippen molar-refractivity contribution in [2.45, 2.75) is 12.3 Å². The van der Waals surface area contributed by atoms with Gasteiger partial charge in [-0.15, -0.1) is 0 Å². The fourth-order valence-electron chi connectivity index (χ4n) is 1.71. The lowest BCUT2D eigenvalue weighted by Gasteiger charge is -2.25. The molecule has 0 unspecified atom stereocenters. The highest BCUT2D eigenvalue weighted by atomic mass is 32.2. The maximum absolute atomic E-state index is 11.1. The van der Waals surface area contributed by atoms with E-state index in [2.05, 4.69) is 20.4 Å². The first-order valence-electron chi connectivity index (χ1n) is 5.45. The first-order valence-corrected chi connectivity index (χ1v) is 7.51. The largest absolute Gasteiger partial charge is 0.338 e. The Labute approximate surface area is 100 Å². The van der Waals surface area contributed by atoms with Crippen LogP contribution in [0.1, 0.15) is 11.7 Å². The van der Waals surface area contributed by atoms with E-state index in [1.807, 2.05) is 0 Å². The maximum Gasteiger partial charge on any atom is 0.241 e. The molecule has 7 nitrogen and oxygen atoms in total. The minimum Gasteiger partial charge on any atom is -0.338 e. The standard InChI is InChI=1S/C9H16N4O3S/c1-17(14,15)7-9-11-8(12-16-9)6-13-4-2-10-3-5-13/h10H,2-7H2,1H3. The Morgan fingerprint density at radius 2 is 2.12 bits per heavy atom. The van der Waals surface area contributed by atoms with E-state index >= 15 is 0 Å². The molecule has 2 rings (SSSR count). The van der Waals surface area contributed by atoms with Gasteiger partial charge in [0.25, 0.3) is 0 Å². The Balaban J connectivity index is 1.93. The molecule has 1 aliphatic heterocycles. The zero-order valence-corrected chi connectivity index (χ0v) is 10.5. The minimum absolute atomic E-state index is 0.164. The molecule has 0 saturated carbocycles. The Bertz CT molecular complexity index is 464. The van der Waals surface area contributed by atoms with Gasteiger partial charge in [-0.05, 0) is 0 Å². The van der Waals surface area contributed by atoms with Crippen LogP contribution in [0.25, 0.3) is 0 Å². The molecule has 1 aliphatic rings. The van der Waals surface area contributed by atoms with Crippen LogP contribution in [0.15, 0.2) is 4.52 Å².